The number of carbonyl (C=O) groups excluding carboxylic acids is 1. The van der Waals surface area contributed by atoms with Crippen molar-refractivity contribution < 1.29 is 22.7 Å². The number of rotatable bonds is 7. The first-order valence-electron chi connectivity index (χ1n) is 9.93. The van der Waals surface area contributed by atoms with Crippen molar-refractivity contribution in [3.63, 3.8) is 0 Å². The number of anilines is 1. The minimum Gasteiger partial charge on any atom is -0.493 e. The lowest BCUT2D eigenvalue weighted by Crippen LogP contribution is -2.12. The van der Waals surface area contributed by atoms with Crippen LogP contribution in [0.5, 0.6) is 5.75 Å². The molecule has 0 radical (unpaired) electrons. The van der Waals surface area contributed by atoms with Gasteiger partial charge in [0.1, 0.15) is 5.75 Å². The van der Waals surface area contributed by atoms with Gasteiger partial charge in [-0.15, -0.1) is 0 Å². The van der Waals surface area contributed by atoms with Crippen LogP contribution >= 0.6 is 0 Å². The topological polar surface area (TPSA) is 77.9 Å². The minimum absolute atomic E-state index is 0.0154. The number of amides is 1. The zero-order chi connectivity index (χ0) is 22.0. The Balaban J connectivity index is 1.35. The molecule has 160 valence electrons. The van der Waals surface area contributed by atoms with Crippen LogP contribution in [0, 0.1) is 23.2 Å². The lowest BCUT2D eigenvalue weighted by Gasteiger charge is -2.09. The predicted molar refractivity (Wildman–Crippen MR) is 109 cm³/mol. The Morgan fingerprint density at radius 3 is 2.68 bits per heavy atom. The molecule has 2 atom stereocenters. The van der Waals surface area contributed by atoms with E-state index in [1.54, 1.807) is 12.3 Å². The maximum absolute atomic E-state index is 12.6. The predicted octanol–water partition coefficient (Wildman–Crippen LogP) is 5.30. The number of benzene rings is 2. The molecule has 1 amide bonds. The number of nitrogens with one attached hydrogen (secondary N) is 2. The molecular formula is C23H20F3N3O2. The number of aromatic amines is 1. The van der Waals surface area contributed by atoms with Crippen molar-refractivity contribution in [2.45, 2.75) is 25.4 Å². The third-order valence-corrected chi connectivity index (χ3v) is 5.40. The van der Waals surface area contributed by atoms with Crippen LogP contribution in [-0.2, 0) is 17.4 Å². The number of halogens is 3. The fourth-order valence-corrected chi connectivity index (χ4v) is 3.51. The van der Waals surface area contributed by atoms with Crippen LogP contribution in [-0.4, -0.2) is 17.5 Å². The molecule has 8 heteroatoms. The minimum atomic E-state index is -4.34. The molecule has 2 N–H and O–H groups in total. The third kappa shape index (κ3) is 5.00. The van der Waals surface area contributed by atoms with Crippen LogP contribution in [0.25, 0.3) is 10.9 Å². The SMILES string of the molecule is N#C[C@H]1C[C@@H]1CC(=O)Nc1c[nH]c2ccc(OCCc3ccc(C(F)(F)F)cc3)cc12. The second-order valence-corrected chi connectivity index (χ2v) is 7.69. The lowest BCUT2D eigenvalue weighted by molar-refractivity contribution is -0.137. The van der Waals surface area contributed by atoms with Crippen LogP contribution < -0.4 is 10.1 Å². The molecule has 4 rings (SSSR count). The summed E-state index contributed by atoms with van der Waals surface area (Å²) in [7, 11) is 0. The molecule has 31 heavy (non-hydrogen) atoms. The standard InChI is InChI=1S/C23H20F3N3O2/c24-23(25,26)17-3-1-14(2-4-17)7-8-31-18-5-6-20-19(11-18)21(13-28-20)29-22(30)10-15-9-16(15)12-27/h1-6,11,13,15-16,28H,7-10H2,(H,29,30)/t15-,16-/m1/s1. The molecule has 0 bridgehead atoms. The number of alkyl halides is 3. The van der Waals surface area contributed by atoms with Crippen molar-refractivity contribution in [1.82, 2.24) is 4.98 Å². The first kappa shape index (κ1) is 20.8. The van der Waals surface area contributed by atoms with Crippen molar-refractivity contribution in [1.29, 1.82) is 5.26 Å². The number of hydrogen-bond donors (Lipinski definition) is 2. The highest BCUT2D eigenvalue weighted by Crippen LogP contribution is 2.40. The molecule has 1 heterocycles. The zero-order valence-corrected chi connectivity index (χ0v) is 16.5. The van der Waals surface area contributed by atoms with Crippen molar-refractivity contribution in [2.24, 2.45) is 11.8 Å². The quantitative estimate of drug-likeness (QED) is 0.537. The monoisotopic (exact) mass is 427 g/mol. The molecule has 1 aromatic heterocycles. The Labute approximate surface area is 176 Å². The highest BCUT2D eigenvalue weighted by molar-refractivity contribution is 6.02. The van der Waals surface area contributed by atoms with Gasteiger partial charge in [0, 0.05) is 29.9 Å². The van der Waals surface area contributed by atoms with Gasteiger partial charge in [0.25, 0.3) is 0 Å². The summed E-state index contributed by atoms with van der Waals surface area (Å²) in [6.07, 6.45) is -1.06. The second kappa shape index (κ2) is 8.34. The van der Waals surface area contributed by atoms with Crippen molar-refractivity contribution in [3.8, 4) is 11.8 Å². The number of carbonyl (C=O) groups is 1. The molecule has 0 saturated heterocycles. The summed E-state index contributed by atoms with van der Waals surface area (Å²) in [4.78, 5) is 15.3. The molecule has 2 aromatic carbocycles. The average Bonchev–Trinajstić information content (AvgIpc) is 3.37. The zero-order valence-electron chi connectivity index (χ0n) is 16.5. The van der Waals surface area contributed by atoms with Gasteiger partial charge < -0.3 is 15.0 Å². The lowest BCUT2D eigenvalue weighted by atomic mass is 10.1. The highest BCUT2D eigenvalue weighted by Gasteiger charge is 2.38. The number of ether oxygens (including phenoxy) is 1. The van der Waals surface area contributed by atoms with Gasteiger partial charge in [0.2, 0.25) is 5.91 Å². The van der Waals surface area contributed by atoms with E-state index < -0.39 is 11.7 Å². The first-order chi connectivity index (χ1) is 14.8. The van der Waals surface area contributed by atoms with E-state index in [2.05, 4.69) is 16.4 Å². The highest BCUT2D eigenvalue weighted by atomic mass is 19.4. The number of H-pyrrole nitrogens is 1. The molecule has 1 fully saturated rings. The molecule has 1 aliphatic rings. The number of nitrogens with zero attached hydrogens (tertiary/aromatic N) is 1. The summed E-state index contributed by atoms with van der Waals surface area (Å²) in [5, 5.41) is 12.5. The number of aromatic nitrogens is 1. The van der Waals surface area contributed by atoms with E-state index >= 15 is 0 Å². The number of hydrogen-bond acceptors (Lipinski definition) is 3. The van der Waals surface area contributed by atoms with Gasteiger partial charge in [0.05, 0.1) is 29.8 Å². The van der Waals surface area contributed by atoms with E-state index in [4.69, 9.17) is 10.00 Å². The number of fused-ring (bicyclic) bond motifs is 1. The molecule has 1 saturated carbocycles. The summed E-state index contributed by atoms with van der Waals surface area (Å²) in [5.74, 6) is 0.594. The van der Waals surface area contributed by atoms with E-state index in [0.717, 1.165) is 35.0 Å². The maximum atomic E-state index is 12.6. The van der Waals surface area contributed by atoms with E-state index in [-0.39, 0.29) is 17.7 Å². The van der Waals surface area contributed by atoms with E-state index in [1.165, 1.54) is 12.1 Å². The van der Waals surface area contributed by atoms with Gasteiger partial charge in [-0.2, -0.15) is 18.4 Å². The Morgan fingerprint density at radius 2 is 2.00 bits per heavy atom. The maximum Gasteiger partial charge on any atom is 0.416 e. The van der Waals surface area contributed by atoms with Gasteiger partial charge in [-0.25, -0.2) is 0 Å². The molecule has 0 spiro atoms. The summed E-state index contributed by atoms with van der Waals surface area (Å²) < 4.78 is 43.7. The molecule has 0 aliphatic heterocycles. The molecule has 1 aliphatic carbocycles. The van der Waals surface area contributed by atoms with Gasteiger partial charge in [0.15, 0.2) is 0 Å². The normalized spacial score (nSPS) is 17.9. The summed E-state index contributed by atoms with van der Waals surface area (Å²) in [6, 6.07) is 12.6. The largest absolute Gasteiger partial charge is 0.493 e. The van der Waals surface area contributed by atoms with Gasteiger partial charge >= 0.3 is 6.18 Å². The summed E-state index contributed by atoms with van der Waals surface area (Å²) in [5.41, 5.74) is 1.56. The second-order valence-electron chi connectivity index (χ2n) is 7.69. The fourth-order valence-electron chi connectivity index (χ4n) is 3.51. The third-order valence-electron chi connectivity index (χ3n) is 5.40. The van der Waals surface area contributed by atoms with Crippen molar-refractivity contribution >= 4 is 22.5 Å². The van der Waals surface area contributed by atoms with Gasteiger partial charge in [-0.05, 0) is 48.2 Å². The molecular weight excluding hydrogens is 407 g/mol. The van der Waals surface area contributed by atoms with Crippen LogP contribution in [0.1, 0.15) is 24.0 Å². The molecule has 5 nitrogen and oxygen atoms in total. The smallest absolute Gasteiger partial charge is 0.416 e. The van der Waals surface area contributed by atoms with Gasteiger partial charge in [-0.3, -0.25) is 4.79 Å². The van der Waals surface area contributed by atoms with E-state index in [0.29, 0.717) is 30.9 Å². The molecule has 0 unspecified atom stereocenters. The number of nitriles is 1. The van der Waals surface area contributed by atoms with Crippen molar-refractivity contribution in [3.05, 3.63) is 59.8 Å². The fraction of sp³-hybridized carbons (Fsp3) is 0.304. The van der Waals surface area contributed by atoms with Crippen LogP contribution in [0.4, 0.5) is 18.9 Å². The molecule has 3 aromatic rings. The Kier molecular flexibility index (Phi) is 5.59. The van der Waals surface area contributed by atoms with Crippen molar-refractivity contribution in [2.75, 3.05) is 11.9 Å². The average molecular weight is 427 g/mol. The Hall–Kier alpha value is -3.47. The first-order valence-corrected chi connectivity index (χ1v) is 9.93. The van der Waals surface area contributed by atoms with Crippen LogP contribution in [0.3, 0.4) is 0 Å². The summed E-state index contributed by atoms with van der Waals surface area (Å²) in [6.45, 7) is 0.306. The van der Waals surface area contributed by atoms with Gasteiger partial charge in [-0.1, -0.05) is 12.1 Å². The Bertz CT molecular complexity index is 1130. The van der Waals surface area contributed by atoms with E-state index in [9.17, 15) is 18.0 Å². The van der Waals surface area contributed by atoms with Crippen LogP contribution in [0.2, 0.25) is 0 Å². The Morgan fingerprint density at radius 1 is 1.23 bits per heavy atom. The van der Waals surface area contributed by atoms with Crippen LogP contribution in [0.15, 0.2) is 48.7 Å². The summed E-state index contributed by atoms with van der Waals surface area (Å²) >= 11 is 0. The van der Waals surface area contributed by atoms with E-state index in [1.807, 2.05) is 12.1 Å².